The first-order chi connectivity index (χ1) is 12.1. The highest BCUT2D eigenvalue weighted by Crippen LogP contribution is 2.19. The van der Waals surface area contributed by atoms with E-state index in [4.69, 9.17) is 0 Å². The minimum atomic E-state index is -0.706. The molecule has 2 saturated heterocycles. The van der Waals surface area contributed by atoms with Crippen LogP contribution in [-0.4, -0.2) is 78.1 Å². The van der Waals surface area contributed by atoms with Crippen molar-refractivity contribution in [1.29, 1.82) is 0 Å². The number of piperazine rings is 1. The van der Waals surface area contributed by atoms with Gasteiger partial charge in [0, 0.05) is 38.8 Å². The largest absolute Gasteiger partial charge is 0.388 e. The van der Waals surface area contributed by atoms with Gasteiger partial charge in [0.2, 0.25) is 5.91 Å². The fourth-order valence-electron chi connectivity index (χ4n) is 3.94. The average molecular weight is 345 g/mol. The van der Waals surface area contributed by atoms with Gasteiger partial charge in [-0.15, -0.1) is 0 Å². The van der Waals surface area contributed by atoms with Crippen molar-refractivity contribution in [2.75, 3.05) is 46.3 Å². The number of rotatable bonds is 5. The number of hydrogen-bond acceptors (Lipinski definition) is 4. The molecule has 1 aromatic rings. The summed E-state index contributed by atoms with van der Waals surface area (Å²) in [6.07, 6.45) is 3.42. The van der Waals surface area contributed by atoms with E-state index in [-0.39, 0.29) is 12.3 Å². The zero-order valence-electron chi connectivity index (χ0n) is 15.3. The Labute approximate surface area is 151 Å². The van der Waals surface area contributed by atoms with Crippen LogP contribution in [0.25, 0.3) is 0 Å². The maximum Gasteiger partial charge on any atom is 0.225 e. The second kappa shape index (κ2) is 8.79. The number of aliphatic hydroxyl groups excluding tert-OH is 1. The van der Waals surface area contributed by atoms with Crippen LogP contribution in [0.2, 0.25) is 0 Å². The van der Waals surface area contributed by atoms with Gasteiger partial charge >= 0.3 is 0 Å². The van der Waals surface area contributed by atoms with Crippen LogP contribution in [0.4, 0.5) is 0 Å². The molecular formula is C20H31N3O2. The molecule has 2 unspecified atom stereocenters. The van der Waals surface area contributed by atoms with E-state index >= 15 is 0 Å². The molecule has 0 radical (unpaired) electrons. The van der Waals surface area contributed by atoms with E-state index in [0.717, 1.165) is 38.3 Å². The molecule has 2 heterocycles. The van der Waals surface area contributed by atoms with Crippen LogP contribution in [0.15, 0.2) is 30.3 Å². The monoisotopic (exact) mass is 345 g/mol. The summed E-state index contributed by atoms with van der Waals surface area (Å²) in [4.78, 5) is 19.4. The van der Waals surface area contributed by atoms with Gasteiger partial charge < -0.3 is 14.9 Å². The van der Waals surface area contributed by atoms with E-state index in [1.165, 1.54) is 25.8 Å². The Morgan fingerprint density at radius 3 is 2.52 bits per heavy atom. The third-order valence-electron chi connectivity index (χ3n) is 5.67. The number of carbonyl (C=O) groups excluding carboxylic acids is 1. The lowest BCUT2D eigenvalue weighted by atomic mass is 10.0. The maximum absolute atomic E-state index is 12.5. The van der Waals surface area contributed by atoms with Gasteiger partial charge in [-0.05, 0) is 32.0 Å². The highest BCUT2D eigenvalue weighted by molar-refractivity contribution is 5.77. The summed E-state index contributed by atoms with van der Waals surface area (Å²) in [5.41, 5.74) is 0.815. The zero-order chi connectivity index (χ0) is 17.6. The molecule has 25 heavy (non-hydrogen) atoms. The summed E-state index contributed by atoms with van der Waals surface area (Å²) in [6, 6.07) is 10.1. The lowest BCUT2D eigenvalue weighted by molar-refractivity contribution is -0.135. The van der Waals surface area contributed by atoms with Crippen molar-refractivity contribution in [2.24, 2.45) is 0 Å². The number of amides is 1. The van der Waals surface area contributed by atoms with Gasteiger partial charge in [0.1, 0.15) is 0 Å². The topological polar surface area (TPSA) is 47.0 Å². The maximum atomic E-state index is 12.5. The lowest BCUT2D eigenvalue weighted by Gasteiger charge is -2.40. The Morgan fingerprint density at radius 2 is 1.84 bits per heavy atom. The van der Waals surface area contributed by atoms with E-state index < -0.39 is 6.10 Å². The molecule has 138 valence electrons. The highest BCUT2D eigenvalue weighted by atomic mass is 16.3. The molecule has 1 aromatic carbocycles. The predicted molar refractivity (Wildman–Crippen MR) is 99.3 cm³/mol. The Hall–Kier alpha value is -1.43. The number of nitrogens with zero attached hydrogens (tertiary/aromatic N) is 3. The van der Waals surface area contributed by atoms with Gasteiger partial charge in [-0.3, -0.25) is 9.69 Å². The van der Waals surface area contributed by atoms with Crippen LogP contribution < -0.4 is 0 Å². The van der Waals surface area contributed by atoms with Crippen LogP contribution >= 0.6 is 0 Å². The summed E-state index contributed by atoms with van der Waals surface area (Å²) in [6.45, 7) is 5.76. The summed E-state index contributed by atoms with van der Waals surface area (Å²) in [5.74, 6) is 0.0609. The standard InChI is InChI=1S/C20H31N3O2/c1-21-10-6-5-9-18(21)16-22-11-13-23(14-12-22)20(25)15-19(24)17-7-3-2-4-8-17/h2-4,7-8,18-19,24H,5-6,9-16H2,1H3. The molecule has 2 atom stereocenters. The van der Waals surface area contributed by atoms with Gasteiger partial charge in [0.15, 0.2) is 0 Å². The molecule has 2 aliphatic heterocycles. The normalized spacial score (nSPS) is 24.2. The van der Waals surface area contributed by atoms with Crippen molar-refractivity contribution in [2.45, 2.75) is 37.8 Å². The summed E-state index contributed by atoms with van der Waals surface area (Å²) >= 11 is 0. The fourth-order valence-corrected chi connectivity index (χ4v) is 3.94. The molecule has 1 amide bonds. The smallest absolute Gasteiger partial charge is 0.225 e. The van der Waals surface area contributed by atoms with Crippen molar-refractivity contribution >= 4 is 5.91 Å². The van der Waals surface area contributed by atoms with Crippen LogP contribution in [0.5, 0.6) is 0 Å². The minimum absolute atomic E-state index is 0.0609. The molecule has 5 nitrogen and oxygen atoms in total. The lowest BCUT2D eigenvalue weighted by Crippen LogP contribution is -2.53. The first-order valence-electron chi connectivity index (χ1n) is 9.57. The van der Waals surface area contributed by atoms with Gasteiger partial charge in [0.05, 0.1) is 12.5 Å². The molecule has 2 fully saturated rings. The fraction of sp³-hybridized carbons (Fsp3) is 0.650. The Balaban J connectivity index is 1.43. The number of likely N-dealkylation sites (N-methyl/N-ethyl adjacent to an activating group) is 1. The SMILES string of the molecule is CN1CCCCC1CN1CCN(C(=O)CC(O)c2ccccc2)CC1. The van der Waals surface area contributed by atoms with E-state index in [1.54, 1.807) is 0 Å². The number of likely N-dealkylation sites (tertiary alicyclic amines) is 1. The predicted octanol–water partition coefficient (Wildman–Crippen LogP) is 1.74. The Morgan fingerprint density at radius 1 is 1.12 bits per heavy atom. The molecule has 2 aliphatic rings. The van der Waals surface area contributed by atoms with Gasteiger partial charge in [-0.2, -0.15) is 0 Å². The molecular weight excluding hydrogens is 314 g/mol. The van der Waals surface area contributed by atoms with Gasteiger partial charge in [-0.25, -0.2) is 0 Å². The molecule has 5 heteroatoms. The van der Waals surface area contributed by atoms with E-state index in [0.29, 0.717) is 6.04 Å². The zero-order valence-corrected chi connectivity index (χ0v) is 15.3. The number of hydrogen-bond donors (Lipinski definition) is 1. The van der Waals surface area contributed by atoms with Gasteiger partial charge in [-0.1, -0.05) is 36.8 Å². The van der Waals surface area contributed by atoms with Crippen molar-refractivity contribution in [3.05, 3.63) is 35.9 Å². The van der Waals surface area contributed by atoms with Crippen molar-refractivity contribution in [1.82, 2.24) is 14.7 Å². The first kappa shape index (κ1) is 18.4. The third kappa shape index (κ3) is 5.03. The molecule has 0 saturated carbocycles. The molecule has 0 spiro atoms. The highest BCUT2D eigenvalue weighted by Gasteiger charge is 2.26. The summed E-state index contributed by atoms with van der Waals surface area (Å²) < 4.78 is 0. The van der Waals surface area contributed by atoms with Crippen molar-refractivity contribution < 1.29 is 9.90 Å². The Kier molecular flexibility index (Phi) is 6.45. The molecule has 3 rings (SSSR count). The molecule has 0 aliphatic carbocycles. The summed E-state index contributed by atoms with van der Waals surface area (Å²) in [7, 11) is 2.23. The van der Waals surface area contributed by atoms with Crippen LogP contribution in [0.3, 0.4) is 0 Å². The second-order valence-corrected chi connectivity index (χ2v) is 7.44. The van der Waals surface area contributed by atoms with Gasteiger partial charge in [0.25, 0.3) is 0 Å². The van der Waals surface area contributed by atoms with Crippen molar-refractivity contribution in [3.8, 4) is 0 Å². The van der Waals surface area contributed by atoms with E-state index in [9.17, 15) is 9.90 Å². The van der Waals surface area contributed by atoms with Crippen LogP contribution in [0, 0.1) is 0 Å². The molecule has 0 bridgehead atoms. The summed E-state index contributed by atoms with van der Waals surface area (Å²) in [5, 5.41) is 10.3. The number of piperidine rings is 1. The van der Waals surface area contributed by atoms with Crippen LogP contribution in [0.1, 0.15) is 37.4 Å². The van der Waals surface area contributed by atoms with Crippen LogP contribution in [-0.2, 0) is 4.79 Å². The average Bonchev–Trinajstić information content (AvgIpc) is 2.65. The molecule has 0 aromatic heterocycles. The van der Waals surface area contributed by atoms with Crippen molar-refractivity contribution in [3.63, 3.8) is 0 Å². The third-order valence-corrected chi connectivity index (χ3v) is 5.67. The number of aliphatic hydroxyl groups is 1. The minimum Gasteiger partial charge on any atom is -0.388 e. The number of benzene rings is 1. The first-order valence-corrected chi connectivity index (χ1v) is 9.57. The second-order valence-electron chi connectivity index (χ2n) is 7.44. The Bertz CT molecular complexity index is 543. The molecule has 1 N–H and O–H groups in total. The van der Waals surface area contributed by atoms with E-state index in [1.807, 2.05) is 35.2 Å². The quantitative estimate of drug-likeness (QED) is 0.883. The van der Waals surface area contributed by atoms with E-state index in [2.05, 4.69) is 16.8 Å². The number of carbonyl (C=O) groups is 1.